The molecule has 1 aromatic heterocycles. The van der Waals surface area contributed by atoms with Gasteiger partial charge in [0.05, 0.1) is 12.8 Å². The molecule has 34 heavy (non-hydrogen) atoms. The lowest BCUT2D eigenvalue weighted by Crippen LogP contribution is -2.25. The minimum Gasteiger partial charge on any atom is -0.481 e. The highest BCUT2D eigenvalue weighted by atomic mass is 19.4. The zero-order chi connectivity index (χ0) is 24.6. The molecule has 2 aromatic rings. The number of hydrogen-bond acceptors (Lipinski definition) is 4. The van der Waals surface area contributed by atoms with E-state index in [0.29, 0.717) is 11.6 Å². The third-order valence-corrected chi connectivity index (χ3v) is 6.51. The number of hydrogen-bond donors (Lipinski definition) is 1. The molecule has 0 spiro atoms. The third-order valence-electron chi connectivity index (χ3n) is 6.51. The summed E-state index contributed by atoms with van der Waals surface area (Å²) in [6, 6.07) is 10.6. The van der Waals surface area contributed by atoms with Gasteiger partial charge in [-0.25, -0.2) is 4.98 Å². The lowest BCUT2D eigenvalue weighted by Gasteiger charge is -2.18. The van der Waals surface area contributed by atoms with Crippen molar-refractivity contribution in [2.24, 2.45) is 5.92 Å². The summed E-state index contributed by atoms with van der Waals surface area (Å²) in [7, 11) is 1.22. The van der Waals surface area contributed by atoms with Crippen molar-refractivity contribution in [2.75, 3.05) is 38.6 Å². The fourth-order valence-electron chi connectivity index (χ4n) is 4.49. The second kappa shape index (κ2) is 12.2. The van der Waals surface area contributed by atoms with Crippen LogP contribution in [0.2, 0.25) is 0 Å². The molecule has 0 aliphatic heterocycles. The van der Waals surface area contributed by atoms with Gasteiger partial charge in [0.1, 0.15) is 5.56 Å². The Morgan fingerprint density at radius 1 is 1.09 bits per heavy atom. The maximum atomic E-state index is 13.3. The zero-order valence-electron chi connectivity index (χ0n) is 20.4. The molecular weight excluding hydrogens is 439 g/mol. The number of anilines is 1. The first-order valence-corrected chi connectivity index (χ1v) is 12.3. The predicted octanol–water partition coefficient (Wildman–Crippen LogP) is 6.87. The zero-order valence-corrected chi connectivity index (χ0v) is 20.4. The molecule has 4 nitrogen and oxygen atoms in total. The number of allylic oxidation sites excluding steroid dienone is 1. The molecule has 0 amide bonds. The molecule has 1 N–H and O–H groups in total. The summed E-state index contributed by atoms with van der Waals surface area (Å²) >= 11 is 0. The third kappa shape index (κ3) is 6.98. The molecule has 0 radical (unpaired) electrons. The highest BCUT2D eigenvalue weighted by Gasteiger charge is 2.35. The Morgan fingerprint density at radius 3 is 2.35 bits per heavy atom. The van der Waals surface area contributed by atoms with Crippen molar-refractivity contribution in [1.29, 1.82) is 0 Å². The van der Waals surface area contributed by atoms with Crippen LogP contribution in [0.1, 0.15) is 62.8 Å². The topological polar surface area (TPSA) is 37.4 Å². The molecule has 1 aliphatic rings. The lowest BCUT2D eigenvalue weighted by molar-refractivity contribution is -0.139. The van der Waals surface area contributed by atoms with Crippen molar-refractivity contribution in [3.63, 3.8) is 0 Å². The molecule has 0 unspecified atom stereocenters. The van der Waals surface area contributed by atoms with Crippen LogP contribution in [0, 0.1) is 5.92 Å². The van der Waals surface area contributed by atoms with E-state index >= 15 is 0 Å². The largest absolute Gasteiger partial charge is 0.481 e. The Bertz CT molecular complexity index is 931. The van der Waals surface area contributed by atoms with E-state index in [-0.39, 0.29) is 0 Å². The number of nitrogens with zero attached hydrogens (tertiary/aromatic N) is 2. The summed E-state index contributed by atoms with van der Waals surface area (Å²) in [6.45, 7) is 8.42. The number of methoxy groups -OCH3 is 1. The van der Waals surface area contributed by atoms with Crippen LogP contribution in [-0.2, 0) is 6.18 Å². The molecule has 1 aliphatic carbocycles. The number of benzene rings is 1. The first-order valence-electron chi connectivity index (χ1n) is 12.3. The van der Waals surface area contributed by atoms with E-state index in [1.807, 2.05) is 24.3 Å². The van der Waals surface area contributed by atoms with Gasteiger partial charge in [0.25, 0.3) is 0 Å². The van der Waals surface area contributed by atoms with E-state index in [1.165, 1.54) is 26.0 Å². The summed E-state index contributed by atoms with van der Waals surface area (Å²) in [4.78, 5) is 6.66. The number of rotatable bonds is 11. The summed E-state index contributed by atoms with van der Waals surface area (Å²) in [6.07, 6.45) is 3.26. The summed E-state index contributed by atoms with van der Waals surface area (Å²) in [5.74, 6) is 0.0109. The van der Waals surface area contributed by atoms with Gasteiger partial charge < -0.3 is 15.0 Å². The SMILES string of the molecule is CCN(CC)CCCNc1ccc(C(=CC2CCCC2)c2ccc(C(F)(F)F)c(OC)n2)cc1. The van der Waals surface area contributed by atoms with Crippen LogP contribution in [0.3, 0.4) is 0 Å². The maximum Gasteiger partial charge on any atom is 0.421 e. The Hall–Kier alpha value is -2.54. The highest BCUT2D eigenvalue weighted by Crippen LogP contribution is 2.37. The fourth-order valence-corrected chi connectivity index (χ4v) is 4.49. The normalized spacial score (nSPS) is 15.2. The van der Waals surface area contributed by atoms with Crippen LogP contribution in [0.25, 0.3) is 5.57 Å². The van der Waals surface area contributed by atoms with E-state index in [1.54, 1.807) is 0 Å². The van der Waals surface area contributed by atoms with Crippen molar-refractivity contribution < 1.29 is 17.9 Å². The van der Waals surface area contributed by atoms with Gasteiger partial charge >= 0.3 is 6.18 Å². The van der Waals surface area contributed by atoms with E-state index in [0.717, 1.165) is 68.3 Å². The molecule has 0 bridgehead atoms. The van der Waals surface area contributed by atoms with Crippen molar-refractivity contribution in [1.82, 2.24) is 9.88 Å². The smallest absolute Gasteiger partial charge is 0.421 e. The first-order chi connectivity index (χ1) is 16.4. The molecule has 0 atom stereocenters. The van der Waals surface area contributed by atoms with Crippen LogP contribution in [-0.4, -0.2) is 43.2 Å². The molecule has 7 heteroatoms. The summed E-state index contributed by atoms with van der Waals surface area (Å²) < 4.78 is 45.0. The minimum atomic E-state index is -4.51. The van der Waals surface area contributed by atoms with Crippen molar-refractivity contribution >= 4 is 11.3 Å². The highest BCUT2D eigenvalue weighted by molar-refractivity contribution is 5.79. The van der Waals surface area contributed by atoms with E-state index < -0.39 is 17.6 Å². The van der Waals surface area contributed by atoms with Crippen molar-refractivity contribution in [2.45, 2.75) is 52.1 Å². The molecule has 3 rings (SSSR count). The fraction of sp³-hybridized carbons (Fsp3) is 0.519. The summed E-state index contributed by atoms with van der Waals surface area (Å²) in [5, 5.41) is 3.46. The standard InChI is InChI=1S/C27H36F3N3O/c1-4-33(5-2)18-8-17-31-22-13-11-21(12-14-22)23(19-20-9-6-7-10-20)25-16-15-24(27(28,29)30)26(32-25)34-3/h11-16,19-20,31H,4-10,17-18H2,1-3H3. The number of halogens is 3. The van der Waals surface area contributed by atoms with Gasteiger partial charge in [0, 0.05) is 17.8 Å². The van der Waals surface area contributed by atoms with Crippen LogP contribution in [0.15, 0.2) is 42.5 Å². The monoisotopic (exact) mass is 475 g/mol. The molecule has 1 saturated carbocycles. The van der Waals surface area contributed by atoms with Crippen LogP contribution < -0.4 is 10.1 Å². The Kier molecular flexibility index (Phi) is 9.39. The molecule has 1 fully saturated rings. The predicted molar refractivity (Wildman–Crippen MR) is 132 cm³/mol. The van der Waals surface area contributed by atoms with Crippen LogP contribution >= 0.6 is 0 Å². The average Bonchev–Trinajstić information content (AvgIpc) is 3.35. The molecule has 1 aromatic carbocycles. The molecular formula is C27H36F3N3O. The van der Waals surface area contributed by atoms with Gasteiger partial charge in [-0.3, -0.25) is 0 Å². The van der Waals surface area contributed by atoms with Gasteiger partial charge in [0.15, 0.2) is 0 Å². The minimum absolute atomic E-state index is 0.395. The quantitative estimate of drug-likeness (QED) is 0.360. The van der Waals surface area contributed by atoms with Crippen LogP contribution in [0.5, 0.6) is 5.88 Å². The van der Waals surface area contributed by atoms with Crippen molar-refractivity contribution in [3.8, 4) is 5.88 Å². The number of alkyl halides is 3. The van der Waals surface area contributed by atoms with E-state index in [2.05, 4.69) is 35.1 Å². The lowest BCUT2D eigenvalue weighted by atomic mass is 9.95. The van der Waals surface area contributed by atoms with Gasteiger partial charge in [-0.2, -0.15) is 13.2 Å². The number of pyridine rings is 1. The Balaban J connectivity index is 1.80. The summed E-state index contributed by atoms with van der Waals surface area (Å²) in [5.41, 5.74) is 2.46. The molecule has 1 heterocycles. The number of aromatic nitrogens is 1. The first kappa shape index (κ1) is 26.1. The number of nitrogens with one attached hydrogen (secondary N) is 1. The van der Waals surface area contributed by atoms with E-state index in [4.69, 9.17) is 4.74 Å². The van der Waals surface area contributed by atoms with E-state index in [9.17, 15) is 13.2 Å². The average molecular weight is 476 g/mol. The number of ether oxygens (including phenoxy) is 1. The van der Waals surface area contributed by atoms with Gasteiger partial charge in [-0.05, 0) is 74.6 Å². The second-order valence-electron chi connectivity index (χ2n) is 8.76. The van der Waals surface area contributed by atoms with Gasteiger partial charge in [0.2, 0.25) is 5.88 Å². The Morgan fingerprint density at radius 2 is 1.76 bits per heavy atom. The maximum absolute atomic E-state index is 13.3. The molecule has 0 saturated heterocycles. The Labute approximate surface area is 201 Å². The van der Waals surface area contributed by atoms with Gasteiger partial charge in [-0.15, -0.1) is 0 Å². The van der Waals surface area contributed by atoms with Crippen LogP contribution in [0.4, 0.5) is 18.9 Å². The van der Waals surface area contributed by atoms with Crippen molar-refractivity contribution in [3.05, 3.63) is 59.3 Å². The second-order valence-corrected chi connectivity index (χ2v) is 8.76. The molecule has 186 valence electrons. The van der Waals surface area contributed by atoms with Gasteiger partial charge in [-0.1, -0.05) is 44.9 Å².